The fourth-order valence-electron chi connectivity index (χ4n) is 4.34. The van der Waals surface area contributed by atoms with Crippen LogP contribution in [0.5, 0.6) is 5.75 Å². The molecular weight excluding hydrogens is 501 g/mol. The molecule has 0 spiro atoms. The minimum Gasteiger partial charge on any atom is -0.493 e. The Labute approximate surface area is 218 Å². The number of carbonyl (C=O) groups is 1. The largest absolute Gasteiger partial charge is 0.493 e. The maximum Gasteiger partial charge on any atom is 0.410 e. The highest BCUT2D eigenvalue weighted by molar-refractivity contribution is 5.97. The van der Waals surface area contributed by atoms with Gasteiger partial charge in [-0.1, -0.05) is 6.07 Å². The number of halogens is 3. The quantitative estimate of drug-likeness (QED) is 0.330. The molecule has 1 fully saturated rings. The van der Waals surface area contributed by atoms with Crippen LogP contribution < -0.4 is 15.4 Å². The summed E-state index contributed by atoms with van der Waals surface area (Å²) in [6.07, 6.45) is 5.52. The summed E-state index contributed by atoms with van der Waals surface area (Å²) in [4.78, 5) is 17.5. The zero-order valence-electron chi connectivity index (χ0n) is 18.7. The van der Waals surface area contributed by atoms with Gasteiger partial charge in [0.25, 0.3) is 0 Å². The Morgan fingerprint density at radius 2 is 1.88 bits per heavy atom. The minimum absolute atomic E-state index is 0. The molecule has 2 aromatic rings. The van der Waals surface area contributed by atoms with Gasteiger partial charge in [-0.15, -0.1) is 37.2 Å². The third-order valence-corrected chi connectivity index (χ3v) is 6.05. The number of pyridine rings is 1. The van der Waals surface area contributed by atoms with Crippen LogP contribution >= 0.6 is 37.2 Å². The second-order valence-electron chi connectivity index (χ2n) is 8.23. The number of benzene rings is 1. The van der Waals surface area contributed by atoms with Crippen molar-refractivity contribution in [1.82, 2.24) is 20.5 Å². The first-order valence-electron chi connectivity index (χ1n) is 10.8. The Morgan fingerprint density at radius 1 is 1.18 bits per heavy atom. The molecule has 34 heavy (non-hydrogen) atoms. The third kappa shape index (κ3) is 7.99. The molecule has 1 aromatic heterocycles. The van der Waals surface area contributed by atoms with Gasteiger partial charge >= 0.3 is 6.09 Å². The van der Waals surface area contributed by atoms with E-state index in [1.807, 2.05) is 30.6 Å². The van der Waals surface area contributed by atoms with Gasteiger partial charge in [0.1, 0.15) is 11.6 Å². The number of rotatable bonds is 6. The van der Waals surface area contributed by atoms with E-state index in [1.54, 1.807) is 0 Å². The zero-order chi connectivity index (χ0) is 21.6. The summed E-state index contributed by atoms with van der Waals surface area (Å²) < 4.78 is 6.11. The lowest BCUT2D eigenvalue weighted by Gasteiger charge is -2.32. The van der Waals surface area contributed by atoms with E-state index in [-0.39, 0.29) is 43.1 Å². The molecule has 1 saturated heterocycles. The van der Waals surface area contributed by atoms with Crippen molar-refractivity contribution >= 4 is 49.1 Å². The zero-order valence-corrected chi connectivity index (χ0v) is 21.2. The molecule has 2 aliphatic rings. The summed E-state index contributed by atoms with van der Waals surface area (Å²) in [6, 6.07) is 9.64. The highest BCUT2D eigenvalue weighted by Gasteiger charge is 2.26. The van der Waals surface area contributed by atoms with Crippen LogP contribution in [-0.4, -0.2) is 53.2 Å². The molecule has 188 valence electrons. The topological polar surface area (TPSA) is 111 Å². The van der Waals surface area contributed by atoms with Crippen molar-refractivity contribution in [3.63, 3.8) is 0 Å². The van der Waals surface area contributed by atoms with Crippen LogP contribution in [0.4, 0.5) is 4.79 Å². The second-order valence-corrected chi connectivity index (χ2v) is 8.23. The molecule has 0 aliphatic carbocycles. The van der Waals surface area contributed by atoms with Gasteiger partial charge in [0.2, 0.25) is 0 Å². The van der Waals surface area contributed by atoms with Crippen molar-refractivity contribution in [2.24, 2.45) is 5.92 Å². The molecule has 1 unspecified atom stereocenters. The van der Waals surface area contributed by atoms with Gasteiger partial charge in [0.15, 0.2) is 0 Å². The molecule has 0 radical (unpaired) electrons. The first kappa shape index (κ1) is 29.9. The van der Waals surface area contributed by atoms with E-state index in [0.717, 1.165) is 55.8 Å². The summed E-state index contributed by atoms with van der Waals surface area (Å²) in [6.45, 7) is 4.46. The minimum atomic E-state index is -1.22. The number of carboxylic acid groups (broad SMARTS) is 1. The summed E-state index contributed by atoms with van der Waals surface area (Å²) >= 11 is 0. The molecule has 11 heteroatoms. The number of amides is 1. The number of aromatic nitrogens is 1. The Balaban J connectivity index is 0.00000193. The van der Waals surface area contributed by atoms with Crippen LogP contribution in [0.25, 0.3) is 0 Å². The SMILES string of the molecule is Cl.Cl.Cl.N=C(NC(=O)O)C1NCCc2ccc(OCC3CCN(Cc4ccncc4)CC3)cc21. The molecule has 4 rings (SSSR count). The lowest BCUT2D eigenvalue weighted by atomic mass is 9.93. The van der Waals surface area contributed by atoms with E-state index in [1.165, 1.54) is 5.56 Å². The molecule has 4 N–H and O–H groups in total. The number of piperidine rings is 1. The lowest BCUT2D eigenvalue weighted by molar-refractivity contribution is 0.136. The van der Waals surface area contributed by atoms with Crippen molar-refractivity contribution in [1.29, 1.82) is 5.41 Å². The van der Waals surface area contributed by atoms with E-state index in [9.17, 15) is 4.79 Å². The fourth-order valence-corrected chi connectivity index (χ4v) is 4.34. The Bertz CT molecular complexity index is 927. The van der Waals surface area contributed by atoms with Gasteiger partial charge < -0.3 is 15.2 Å². The monoisotopic (exact) mass is 531 g/mol. The average Bonchev–Trinajstić information content (AvgIpc) is 2.78. The molecule has 3 heterocycles. The third-order valence-electron chi connectivity index (χ3n) is 6.05. The van der Waals surface area contributed by atoms with E-state index in [4.69, 9.17) is 15.3 Å². The standard InChI is InChI=1S/C23H29N5O3.3ClH/c24-22(27-23(29)30)21-20-13-19(2-1-18(20)5-10-26-21)31-15-17-6-11-28(12-7-17)14-16-3-8-25-9-4-16;;;/h1-4,8-9,13,17,21,26H,5-7,10-12,14-15H2,(H2,24,27)(H,29,30);3*1H. The number of hydrogen-bond donors (Lipinski definition) is 4. The van der Waals surface area contributed by atoms with Crippen LogP contribution in [0.15, 0.2) is 42.7 Å². The van der Waals surface area contributed by atoms with E-state index in [0.29, 0.717) is 19.1 Å². The molecule has 1 atom stereocenters. The number of nitrogens with zero attached hydrogens (tertiary/aromatic N) is 2. The highest BCUT2D eigenvalue weighted by Crippen LogP contribution is 2.28. The molecular formula is C23H32Cl3N5O3. The predicted octanol–water partition coefficient (Wildman–Crippen LogP) is 4.07. The van der Waals surface area contributed by atoms with E-state index < -0.39 is 12.1 Å². The van der Waals surface area contributed by atoms with Crippen LogP contribution in [-0.2, 0) is 13.0 Å². The summed E-state index contributed by atoms with van der Waals surface area (Å²) in [7, 11) is 0. The van der Waals surface area contributed by atoms with Crippen molar-refractivity contribution in [3.8, 4) is 5.75 Å². The molecule has 1 amide bonds. The summed E-state index contributed by atoms with van der Waals surface area (Å²) in [5, 5.41) is 22.4. The average molecular weight is 533 g/mol. The Hall–Kier alpha value is -2.10. The Morgan fingerprint density at radius 3 is 2.56 bits per heavy atom. The number of amidine groups is 1. The predicted molar refractivity (Wildman–Crippen MR) is 139 cm³/mol. The van der Waals surface area contributed by atoms with Crippen LogP contribution in [0.1, 0.15) is 35.6 Å². The van der Waals surface area contributed by atoms with Gasteiger partial charge in [-0.25, -0.2) is 4.79 Å². The first-order chi connectivity index (χ1) is 15.1. The Kier molecular flexibility index (Phi) is 12.6. The summed E-state index contributed by atoms with van der Waals surface area (Å²) in [5.41, 5.74) is 3.33. The summed E-state index contributed by atoms with van der Waals surface area (Å²) in [5.74, 6) is 1.23. The molecule has 0 bridgehead atoms. The van der Waals surface area contributed by atoms with Gasteiger partial charge in [-0.2, -0.15) is 0 Å². The van der Waals surface area contributed by atoms with Crippen LogP contribution in [0, 0.1) is 11.3 Å². The van der Waals surface area contributed by atoms with Gasteiger partial charge in [0.05, 0.1) is 12.6 Å². The number of likely N-dealkylation sites (tertiary alicyclic amines) is 1. The number of nitrogens with one attached hydrogen (secondary N) is 3. The molecule has 8 nitrogen and oxygen atoms in total. The van der Waals surface area contributed by atoms with Crippen molar-refractivity contribution in [3.05, 3.63) is 59.4 Å². The smallest absolute Gasteiger partial charge is 0.410 e. The normalized spacial score (nSPS) is 17.7. The van der Waals surface area contributed by atoms with Gasteiger partial charge in [-0.3, -0.25) is 20.6 Å². The second kappa shape index (κ2) is 14.3. The highest BCUT2D eigenvalue weighted by atomic mass is 35.5. The van der Waals surface area contributed by atoms with Crippen molar-refractivity contribution in [2.45, 2.75) is 31.8 Å². The maximum atomic E-state index is 10.9. The first-order valence-corrected chi connectivity index (χ1v) is 10.8. The van der Waals surface area contributed by atoms with Crippen LogP contribution in [0.2, 0.25) is 0 Å². The van der Waals surface area contributed by atoms with E-state index >= 15 is 0 Å². The molecule has 1 aromatic carbocycles. The van der Waals surface area contributed by atoms with E-state index in [2.05, 4.69) is 32.7 Å². The lowest BCUT2D eigenvalue weighted by Crippen LogP contribution is -2.42. The number of hydrogen-bond acceptors (Lipinski definition) is 6. The number of fused-ring (bicyclic) bond motifs is 1. The van der Waals surface area contributed by atoms with Gasteiger partial charge in [-0.05, 0) is 79.2 Å². The number of ether oxygens (including phenoxy) is 1. The van der Waals surface area contributed by atoms with Crippen molar-refractivity contribution < 1.29 is 14.6 Å². The molecule has 0 saturated carbocycles. The van der Waals surface area contributed by atoms with Crippen LogP contribution in [0.3, 0.4) is 0 Å². The fraction of sp³-hybridized carbons (Fsp3) is 0.435. The van der Waals surface area contributed by atoms with Crippen molar-refractivity contribution in [2.75, 3.05) is 26.2 Å². The van der Waals surface area contributed by atoms with Gasteiger partial charge in [0, 0.05) is 25.5 Å². The molecule has 2 aliphatic heterocycles. The maximum absolute atomic E-state index is 10.9.